The lowest BCUT2D eigenvalue weighted by molar-refractivity contribution is 0.0537. The van der Waals surface area contributed by atoms with Gasteiger partial charge in [0.05, 0.1) is 5.02 Å². The zero-order valence-electron chi connectivity index (χ0n) is 11.7. The van der Waals surface area contributed by atoms with Crippen molar-refractivity contribution in [3.05, 3.63) is 28.2 Å². The van der Waals surface area contributed by atoms with E-state index in [0.29, 0.717) is 28.3 Å². The largest absolute Gasteiger partial charge is 0.489 e. The summed E-state index contributed by atoms with van der Waals surface area (Å²) >= 11 is 11.8. The average molecular weight is 318 g/mol. The molecule has 1 N–H and O–H groups in total. The first-order valence-electron chi connectivity index (χ1n) is 7.03. The van der Waals surface area contributed by atoms with Crippen molar-refractivity contribution in [2.24, 2.45) is 5.92 Å². The Hall–Kier alpha value is -0.480. The van der Waals surface area contributed by atoms with Gasteiger partial charge in [-0.15, -0.1) is 0 Å². The molecule has 1 aliphatic rings. The first-order valence-corrected chi connectivity index (χ1v) is 7.78. The Morgan fingerprint density at radius 1 is 1.45 bits per heavy atom. The number of benzene rings is 1. The third-order valence-corrected chi connectivity index (χ3v) is 4.07. The summed E-state index contributed by atoms with van der Waals surface area (Å²) in [6.45, 7) is 5.26. The molecule has 2 atom stereocenters. The lowest BCUT2D eigenvalue weighted by atomic mass is 10.0. The van der Waals surface area contributed by atoms with E-state index >= 15 is 0 Å². The number of ether oxygens (including phenoxy) is 1. The van der Waals surface area contributed by atoms with Gasteiger partial charge in [0, 0.05) is 18.1 Å². The van der Waals surface area contributed by atoms with E-state index in [1.165, 1.54) is 12.8 Å². The number of piperidine rings is 1. The summed E-state index contributed by atoms with van der Waals surface area (Å²) in [7, 11) is 0. The predicted octanol–water partition coefficient (Wildman–Crippen LogP) is 3.47. The molecule has 0 amide bonds. The number of aliphatic hydroxyl groups excluding tert-OH is 1. The van der Waals surface area contributed by atoms with Gasteiger partial charge < -0.3 is 14.7 Å². The van der Waals surface area contributed by atoms with Crippen molar-refractivity contribution in [3.8, 4) is 5.75 Å². The second-order valence-electron chi connectivity index (χ2n) is 5.55. The van der Waals surface area contributed by atoms with Crippen LogP contribution in [0.15, 0.2) is 18.2 Å². The van der Waals surface area contributed by atoms with Gasteiger partial charge in [0.15, 0.2) is 0 Å². The van der Waals surface area contributed by atoms with Gasteiger partial charge in [-0.2, -0.15) is 0 Å². The lowest BCUT2D eigenvalue weighted by Gasteiger charge is -2.32. The highest BCUT2D eigenvalue weighted by molar-refractivity contribution is 6.35. The number of aliphatic hydroxyl groups is 1. The van der Waals surface area contributed by atoms with E-state index in [0.717, 1.165) is 13.1 Å². The van der Waals surface area contributed by atoms with E-state index in [1.807, 2.05) is 0 Å². The van der Waals surface area contributed by atoms with Crippen LogP contribution < -0.4 is 4.74 Å². The van der Waals surface area contributed by atoms with Crippen LogP contribution in [-0.4, -0.2) is 42.4 Å². The van der Waals surface area contributed by atoms with Crippen LogP contribution in [-0.2, 0) is 0 Å². The van der Waals surface area contributed by atoms with Gasteiger partial charge in [-0.05, 0) is 43.5 Å². The average Bonchev–Trinajstić information content (AvgIpc) is 2.37. The maximum atomic E-state index is 10.1. The summed E-state index contributed by atoms with van der Waals surface area (Å²) in [5.41, 5.74) is 0. The van der Waals surface area contributed by atoms with Crippen LogP contribution in [0.5, 0.6) is 5.75 Å². The summed E-state index contributed by atoms with van der Waals surface area (Å²) in [4.78, 5) is 2.30. The number of hydrogen-bond donors (Lipinski definition) is 1. The highest BCUT2D eigenvalue weighted by Gasteiger charge is 2.19. The van der Waals surface area contributed by atoms with Crippen molar-refractivity contribution in [3.63, 3.8) is 0 Å². The molecule has 1 aliphatic heterocycles. The van der Waals surface area contributed by atoms with Crippen LogP contribution in [0.1, 0.15) is 19.8 Å². The SMILES string of the molecule is CC1CCCN(CC(O)COc2ccc(Cl)cc2Cl)C1. The molecule has 1 heterocycles. The fourth-order valence-corrected chi connectivity index (χ4v) is 3.04. The standard InChI is InChI=1S/C15H21Cl2NO2/c1-11-3-2-6-18(8-11)9-13(19)10-20-15-5-4-12(16)7-14(15)17/h4-5,7,11,13,19H,2-3,6,8-10H2,1H3. The number of rotatable bonds is 5. The summed E-state index contributed by atoms with van der Waals surface area (Å²) < 4.78 is 5.55. The minimum atomic E-state index is -0.507. The highest BCUT2D eigenvalue weighted by atomic mass is 35.5. The molecule has 2 unspecified atom stereocenters. The molecule has 0 radical (unpaired) electrons. The molecule has 20 heavy (non-hydrogen) atoms. The fourth-order valence-electron chi connectivity index (χ4n) is 2.58. The molecule has 0 spiro atoms. The van der Waals surface area contributed by atoms with Crippen molar-refractivity contribution >= 4 is 23.2 Å². The maximum Gasteiger partial charge on any atom is 0.138 e. The van der Waals surface area contributed by atoms with Crippen LogP contribution >= 0.6 is 23.2 Å². The van der Waals surface area contributed by atoms with Gasteiger partial charge in [0.2, 0.25) is 0 Å². The van der Waals surface area contributed by atoms with Crippen molar-refractivity contribution in [2.45, 2.75) is 25.9 Å². The molecular weight excluding hydrogens is 297 g/mol. The number of β-amino-alcohol motifs (C(OH)–C–C–N with tert-alkyl or cyclic N) is 1. The fraction of sp³-hybridized carbons (Fsp3) is 0.600. The van der Waals surface area contributed by atoms with Crippen LogP contribution in [0.2, 0.25) is 10.0 Å². The monoisotopic (exact) mass is 317 g/mol. The van der Waals surface area contributed by atoms with Crippen LogP contribution in [0, 0.1) is 5.92 Å². The van der Waals surface area contributed by atoms with E-state index < -0.39 is 6.10 Å². The van der Waals surface area contributed by atoms with Gasteiger partial charge in [0.25, 0.3) is 0 Å². The van der Waals surface area contributed by atoms with Gasteiger partial charge in [-0.25, -0.2) is 0 Å². The van der Waals surface area contributed by atoms with Gasteiger partial charge in [0.1, 0.15) is 18.5 Å². The third-order valence-electron chi connectivity index (χ3n) is 3.54. The molecule has 1 aromatic carbocycles. The molecule has 1 saturated heterocycles. The predicted molar refractivity (Wildman–Crippen MR) is 82.8 cm³/mol. The highest BCUT2D eigenvalue weighted by Crippen LogP contribution is 2.27. The Labute approximate surface area is 130 Å². The van der Waals surface area contributed by atoms with Crippen molar-refractivity contribution in [1.29, 1.82) is 0 Å². The van der Waals surface area contributed by atoms with Crippen LogP contribution in [0.25, 0.3) is 0 Å². The molecule has 0 aromatic heterocycles. The zero-order chi connectivity index (χ0) is 14.5. The molecule has 3 nitrogen and oxygen atoms in total. The van der Waals surface area contributed by atoms with Gasteiger partial charge in [-0.3, -0.25) is 0 Å². The van der Waals surface area contributed by atoms with Crippen molar-refractivity contribution < 1.29 is 9.84 Å². The van der Waals surface area contributed by atoms with E-state index in [4.69, 9.17) is 27.9 Å². The summed E-state index contributed by atoms with van der Waals surface area (Å²) in [6, 6.07) is 5.08. The Morgan fingerprint density at radius 3 is 2.95 bits per heavy atom. The second kappa shape index (κ2) is 7.51. The first-order chi connectivity index (χ1) is 9.54. The second-order valence-corrected chi connectivity index (χ2v) is 6.39. The summed E-state index contributed by atoms with van der Waals surface area (Å²) in [5, 5.41) is 11.1. The van der Waals surface area contributed by atoms with Crippen molar-refractivity contribution in [2.75, 3.05) is 26.2 Å². The number of likely N-dealkylation sites (tertiary alicyclic amines) is 1. The quantitative estimate of drug-likeness (QED) is 0.902. The third kappa shape index (κ3) is 4.81. The molecule has 2 rings (SSSR count). The first kappa shape index (κ1) is 15.9. The Bertz CT molecular complexity index is 442. The lowest BCUT2D eigenvalue weighted by Crippen LogP contribution is -2.41. The molecule has 5 heteroatoms. The molecule has 112 valence electrons. The van der Waals surface area contributed by atoms with Crippen LogP contribution in [0.4, 0.5) is 0 Å². The molecule has 1 aromatic rings. The number of halogens is 2. The maximum absolute atomic E-state index is 10.1. The number of nitrogens with zero attached hydrogens (tertiary/aromatic N) is 1. The van der Waals surface area contributed by atoms with E-state index in [9.17, 15) is 5.11 Å². The Balaban J connectivity index is 1.78. The van der Waals surface area contributed by atoms with E-state index in [-0.39, 0.29) is 6.61 Å². The van der Waals surface area contributed by atoms with Crippen LogP contribution in [0.3, 0.4) is 0 Å². The molecule has 0 bridgehead atoms. The smallest absolute Gasteiger partial charge is 0.138 e. The normalized spacial score (nSPS) is 21.7. The molecule has 0 aliphatic carbocycles. The van der Waals surface area contributed by atoms with E-state index in [1.54, 1.807) is 18.2 Å². The minimum absolute atomic E-state index is 0.242. The van der Waals surface area contributed by atoms with Gasteiger partial charge in [-0.1, -0.05) is 30.1 Å². The van der Waals surface area contributed by atoms with Crippen molar-refractivity contribution in [1.82, 2.24) is 4.90 Å². The summed E-state index contributed by atoms with van der Waals surface area (Å²) in [5.74, 6) is 1.27. The molecule has 1 fully saturated rings. The number of hydrogen-bond acceptors (Lipinski definition) is 3. The Kier molecular flexibility index (Phi) is 5.97. The van der Waals surface area contributed by atoms with E-state index in [2.05, 4.69) is 11.8 Å². The molecule has 0 saturated carbocycles. The zero-order valence-corrected chi connectivity index (χ0v) is 13.2. The Morgan fingerprint density at radius 2 is 2.25 bits per heavy atom. The molecular formula is C15H21Cl2NO2. The minimum Gasteiger partial charge on any atom is -0.489 e. The summed E-state index contributed by atoms with van der Waals surface area (Å²) in [6.07, 6.45) is 1.98. The topological polar surface area (TPSA) is 32.7 Å². The van der Waals surface area contributed by atoms with Gasteiger partial charge >= 0.3 is 0 Å².